The molecule has 1 aromatic rings. The van der Waals surface area contributed by atoms with Gasteiger partial charge in [0, 0.05) is 26.2 Å². The smallest absolute Gasteiger partial charge is 0.0180 e. The van der Waals surface area contributed by atoms with Gasteiger partial charge in [-0.1, -0.05) is 24.3 Å². The number of benzene rings is 1. The van der Waals surface area contributed by atoms with Gasteiger partial charge in [0.05, 0.1) is 0 Å². The second-order valence-electron chi connectivity index (χ2n) is 5.90. The normalized spacial score (nSPS) is 20.3. The van der Waals surface area contributed by atoms with Crippen molar-refractivity contribution in [1.82, 2.24) is 9.80 Å². The van der Waals surface area contributed by atoms with E-state index >= 15 is 0 Å². The van der Waals surface area contributed by atoms with Crippen molar-refractivity contribution in [2.45, 2.75) is 19.4 Å². The Morgan fingerprint density at radius 3 is 2.68 bits per heavy atom. The first kappa shape index (κ1) is 14.5. The Kier molecular flexibility index (Phi) is 5.37. The van der Waals surface area contributed by atoms with Gasteiger partial charge < -0.3 is 15.5 Å². The van der Waals surface area contributed by atoms with E-state index in [1.54, 1.807) is 0 Å². The maximum Gasteiger partial charge on any atom is 0.0180 e. The Bertz CT molecular complexity index is 391. The summed E-state index contributed by atoms with van der Waals surface area (Å²) in [6.45, 7) is 5.50. The van der Waals surface area contributed by atoms with E-state index in [0.717, 1.165) is 18.9 Å². The highest BCUT2D eigenvalue weighted by atomic mass is 15.1. The molecule has 2 rings (SSSR count). The zero-order chi connectivity index (χ0) is 13.7. The van der Waals surface area contributed by atoms with Gasteiger partial charge in [-0.25, -0.2) is 0 Å². The van der Waals surface area contributed by atoms with E-state index in [1.165, 1.54) is 37.2 Å². The van der Waals surface area contributed by atoms with Crippen molar-refractivity contribution < 1.29 is 0 Å². The van der Waals surface area contributed by atoms with Crippen LogP contribution in [0.2, 0.25) is 0 Å². The van der Waals surface area contributed by atoms with Crippen molar-refractivity contribution in [3.05, 3.63) is 35.4 Å². The van der Waals surface area contributed by atoms with Crippen LogP contribution in [0.3, 0.4) is 0 Å². The molecule has 0 spiro atoms. The molecule has 3 nitrogen and oxygen atoms in total. The summed E-state index contributed by atoms with van der Waals surface area (Å²) in [5.74, 6) is 0.847. The second-order valence-corrected chi connectivity index (χ2v) is 5.90. The van der Waals surface area contributed by atoms with Gasteiger partial charge in [0.25, 0.3) is 0 Å². The van der Waals surface area contributed by atoms with E-state index in [4.69, 9.17) is 5.73 Å². The maximum absolute atomic E-state index is 5.79. The zero-order valence-corrected chi connectivity index (χ0v) is 12.3. The van der Waals surface area contributed by atoms with Crippen LogP contribution in [0.15, 0.2) is 24.3 Å². The van der Waals surface area contributed by atoms with Gasteiger partial charge in [-0.05, 0) is 50.5 Å². The number of hydrogen-bond acceptors (Lipinski definition) is 3. The molecule has 0 saturated carbocycles. The maximum atomic E-state index is 5.79. The highest BCUT2D eigenvalue weighted by molar-refractivity contribution is 5.27. The fourth-order valence-corrected chi connectivity index (χ4v) is 3.02. The van der Waals surface area contributed by atoms with Crippen LogP contribution in [0.4, 0.5) is 0 Å². The van der Waals surface area contributed by atoms with Crippen molar-refractivity contribution in [3.8, 4) is 0 Å². The van der Waals surface area contributed by atoms with Crippen molar-refractivity contribution in [2.75, 3.05) is 40.3 Å². The van der Waals surface area contributed by atoms with Crippen LogP contribution in [-0.2, 0) is 13.0 Å². The molecule has 1 aliphatic heterocycles. The first-order chi connectivity index (χ1) is 9.19. The van der Waals surface area contributed by atoms with Gasteiger partial charge in [-0.15, -0.1) is 0 Å². The summed E-state index contributed by atoms with van der Waals surface area (Å²) in [6, 6.07) is 8.53. The molecule has 1 heterocycles. The van der Waals surface area contributed by atoms with E-state index in [-0.39, 0.29) is 0 Å². The molecule has 1 aromatic carbocycles. The Hall–Kier alpha value is -0.900. The van der Waals surface area contributed by atoms with Crippen LogP contribution < -0.4 is 5.73 Å². The molecule has 1 aliphatic rings. The van der Waals surface area contributed by atoms with Crippen LogP contribution in [0.1, 0.15) is 17.5 Å². The quantitative estimate of drug-likeness (QED) is 0.844. The molecule has 1 fully saturated rings. The predicted octanol–water partition coefficient (Wildman–Crippen LogP) is 1.57. The Morgan fingerprint density at radius 2 is 2.05 bits per heavy atom. The summed E-state index contributed by atoms with van der Waals surface area (Å²) in [6.07, 6.45) is 2.45. The van der Waals surface area contributed by atoms with Crippen LogP contribution in [-0.4, -0.2) is 50.1 Å². The Balaban J connectivity index is 1.78. The van der Waals surface area contributed by atoms with Gasteiger partial charge in [0.1, 0.15) is 0 Å². The van der Waals surface area contributed by atoms with Crippen molar-refractivity contribution in [3.63, 3.8) is 0 Å². The fourth-order valence-electron chi connectivity index (χ4n) is 3.02. The van der Waals surface area contributed by atoms with Crippen LogP contribution in [0, 0.1) is 5.92 Å². The standard InChI is InChI=1S/C16H27N3/c1-18-9-7-14(12-18)13-19(2)10-8-15-5-3-4-6-16(15)11-17/h3-6,14H,7-13,17H2,1-2H3. The number of nitrogens with two attached hydrogens (primary N) is 1. The third kappa shape index (κ3) is 4.30. The van der Waals surface area contributed by atoms with E-state index in [0.29, 0.717) is 6.54 Å². The largest absolute Gasteiger partial charge is 0.326 e. The van der Waals surface area contributed by atoms with Crippen molar-refractivity contribution in [2.24, 2.45) is 11.7 Å². The number of likely N-dealkylation sites (tertiary alicyclic amines) is 1. The minimum atomic E-state index is 0.646. The zero-order valence-electron chi connectivity index (χ0n) is 12.3. The lowest BCUT2D eigenvalue weighted by atomic mass is 10.0. The van der Waals surface area contributed by atoms with E-state index in [9.17, 15) is 0 Å². The lowest BCUT2D eigenvalue weighted by Gasteiger charge is -2.21. The number of rotatable bonds is 6. The average Bonchev–Trinajstić information content (AvgIpc) is 2.82. The van der Waals surface area contributed by atoms with E-state index in [1.807, 2.05) is 0 Å². The molecule has 0 amide bonds. The van der Waals surface area contributed by atoms with Gasteiger partial charge in [0.2, 0.25) is 0 Å². The van der Waals surface area contributed by atoms with Crippen LogP contribution >= 0.6 is 0 Å². The van der Waals surface area contributed by atoms with Crippen LogP contribution in [0.5, 0.6) is 0 Å². The molecule has 0 radical (unpaired) electrons. The molecular weight excluding hydrogens is 234 g/mol. The van der Waals surface area contributed by atoms with E-state index < -0.39 is 0 Å². The molecule has 1 atom stereocenters. The van der Waals surface area contributed by atoms with Gasteiger partial charge in [-0.2, -0.15) is 0 Å². The molecule has 0 bridgehead atoms. The highest BCUT2D eigenvalue weighted by Gasteiger charge is 2.20. The topological polar surface area (TPSA) is 32.5 Å². The molecular formula is C16H27N3. The van der Waals surface area contributed by atoms with Gasteiger partial charge in [-0.3, -0.25) is 0 Å². The van der Waals surface area contributed by atoms with Crippen molar-refractivity contribution >= 4 is 0 Å². The third-order valence-electron chi connectivity index (χ3n) is 4.16. The lowest BCUT2D eigenvalue weighted by Crippen LogP contribution is -2.29. The van der Waals surface area contributed by atoms with Gasteiger partial charge in [0.15, 0.2) is 0 Å². The minimum absolute atomic E-state index is 0.646. The molecule has 106 valence electrons. The van der Waals surface area contributed by atoms with E-state index in [2.05, 4.69) is 48.2 Å². The highest BCUT2D eigenvalue weighted by Crippen LogP contribution is 2.15. The number of nitrogens with zero attached hydrogens (tertiary/aromatic N) is 2. The average molecular weight is 261 g/mol. The predicted molar refractivity (Wildman–Crippen MR) is 81.1 cm³/mol. The molecule has 1 saturated heterocycles. The molecule has 19 heavy (non-hydrogen) atoms. The molecule has 1 unspecified atom stereocenters. The fraction of sp³-hybridized carbons (Fsp3) is 0.625. The lowest BCUT2D eigenvalue weighted by molar-refractivity contribution is 0.276. The summed E-state index contributed by atoms with van der Waals surface area (Å²) in [4.78, 5) is 4.90. The molecule has 2 N–H and O–H groups in total. The SMILES string of the molecule is CN(CCc1ccccc1CN)CC1CCN(C)C1. The third-order valence-corrected chi connectivity index (χ3v) is 4.16. The first-order valence-corrected chi connectivity index (χ1v) is 7.33. The summed E-state index contributed by atoms with van der Waals surface area (Å²) in [5.41, 5.74) is 8.48. The second kappa shape index (κ2) is 7.04. The summed E-state index contributed by atoms with van der Waals surface area (Å²) < 4.78 is 0. The number of likely N-dealkylation sites (N-methyl/N-ethyl adjacent to an activating group) is 1. The minimum Gasteiger partial charge on any atom is -0.326 e. The Morgan fingerprint density at radius 1 is 1.32 bits per heavy atom. The summed E-state index contributed by atoms with van der Waals surface area (Å²) in [7, 11) is 4.46. The molecule has 3 heteroatoms. The van der Waals surface area contributed by atoms with Crippen LogP contribution in [0.25, 0.3) is 0 Å². The van der Waals surface area contributed by atoms with Crippen molar-refractivity contribution in [1.29, 1.82) is 0 Å². The van der Waals surface area contributed by atoms with Gasteiger partial charge >= 0.3 is 0 Å². The Labute approximate surface area is 117 Å². The summed E-state index contributed by atoms with van der Waals surface area (Å²) in [5, 5.41) is 0. The molecule has 0 aromatic heterocycles. The number of hydrogen-bond donors (Lipinski definition) is 1. The summed E-state index contributed by atoms with van der Waals surface area (Å²) >= 11 is 0. The first-order valence-electron chi connectivity index (χ1n) is 7.33. The molecule has 0 aliphatic carbocycles. The monoisotopic (exact) mass is 261 g/mol.